The fourth-order valence-corrected chi connectivity index (χ4v) is 3.17. The minimum Gasteiger partial charge on any atom is -0.496 e. The van der Waals surface area contributed by atoms with Crippen molar-refractivity contribution in [1.82, 2.24) is 9.80 Å². The molecule has 0 unspecified atom stereocenters. The van der Waals surface area contributed by atoms with Gasteiger partial charge in [-0.05, 0) is 24.0 Å². The van der Waals surface area contributed by atoms with Gasteiger partial charge in [-0.3, -0.25) is 9.80 Å². The summed E-state index contributed by atoms with van der Waals surface area (Å²) in [4.78, 5) is 5.99. The summed E-state index contributed by atoms with van der Waals surface area (Å²) in [6, 6.07) is 6.44. The van der Waals surface area contributed by atoms with Gasteiger partial charge in [-0.15, -0.1) is 11.8 Å². The highest BCUT2D eigenvalue weighted by atomic mass is 32.2. The third-order valence-electron chi connectivity index (χ3n) is 3.74. The number of rotatable bonds is 6. The first-order valence-corrected chi connectivity index (χ1v) is 8.25. The second kappa shape index (κ2) is 7.88. The van der Waals surface area contributed by atoms with Gasteiger partial charge in [0.15, 0.2) is 0 Å². The molecule has 1 fully saturated rings. The van der Waals surface area contributed by atoms with Crippen molar-refractivity contribution in [2.75, 3.05) is 52.7 Å². The summed E-state index contributed by atoms with van der Waals surface area (Å²) in [6.07, 6.45) is 2.08. The van der Waals surface area contributed by atoms with E-state index in [-0.39, 0.29) is 6.61 Å². The Morgan fingerprint density at radius 3 is 2.50 bits per heavy atom. The Morgan fingerprint density at radius 2 is 1.90 bits per heavy atom. The Bertz CT molecular complexity index is 420. The van der Waals surface area contributed by atoms with Crippen molar-refractivity contribution in [3.05, 3.63) is 23.8 Å². The number of β-amino-alcohol motifs (C(OH)–C–C–N with tert-alkyl or cyclic N) is 1. The molecule has 0 saturated carbocycles. The van der Waals surface area contributed by atoms with Gasteiger partial charge in [0.1, 0.15) is 5.75 Å². The molecule has 1 saturated heterocycles. The minimum atomic E-state index is 0.259. The standard InChI is InChI=1S/C15H24N2O2S/c1-19-14-4-3-13(11-15(14)20-2)12-17-7-5-16(6-8-17)9-10-18/h3-4,11,18H,5-10,12H2,1-2H3. The van der Waals surface area contributed by atoms with Crippen LogP contribution in [-0.4, -0.2) is 67.6 Å². The highest BCUT2D eigenvalue weighted by Gasteiger charge is 2.16. The number of methoxy groups -OCH3 is 1. The molecule has 4 nitrogen and oxygen atoms in total. The second-order valence-electron chi connectivity index (χ2n) is 5.03. The minimum absolute atomic E-state index is 0.259. The van der Waals surface area contributed by atoms with Crippen molar-refractivity contribution in [1.29, 1.82) is 0 Å². The molecule has 0 bridgehead atoms. The van der Waals surface area contributed by atoms with E-state index in [1.165, 1.54) is 10.5 Å². The molecule has 112 valence electrons. The average Bonchev–Trinajstić information content (AvgIpc) is 2.49. The van der Waals surface area contributed by atoms with Crippen molar-refractivity contribution in [3.8, 4) is 5.75 Å². The van der Waals surface area contributed by atoms with Crippen LogP contribution in [0.25, 0.3) is 0 Å². The predicted molar refractivity (Wildman–Crippen MR) is 83.6 cm³/mol. The van der Waals surface area contributed by atoms with E-state index in [2.05, 4.69) is 34.3 Å². The number of benzene rings is 1. The third-order valence-corrected chi connectivity index (χ3v) is 4.49. The number of aliphatic hydroxyl groups excluding tert-OH is 1. The van der Waals surface area contributed by atoms with Crippen LogP contribution < -0.4 is 4.74 Å². The van der Waals surface area contributed by atoms with Gasteiger partial charge in [-0.1, -0.05) is 6.07 Å². The Hall–Kier alpha value is -0.750. The van der Waals surface area contributed by atoms with Gasteiger partial charge in [0, 0.05) is 44.2 Å². The first-order valence-electron chi connectivity index (χ1n) is 7.03. The van der Waals surface area contributed by atoms with Crippen LogP contribution in [0.1, 0.15) is 5.56 Å². The molecule has 1 N–H and O–H groups in total. The zero-order chi connectivity index (χ0) is 14.4. The summed E-state index contributed by atoms with van der Waals surface area (Å²) in [5, 5.41) is 8.96. The molecule has 0 spiro atoms. The summed E-state index contributed by atoms with van der Waals surface area (Å²) in [5.74, 6) is 0.953. The summed E-state index contributed by atoms with van der Waals surface area (Å²) >= 11 is 1.72. The maximum atomic E-state index is 8.96. The number of ether oxygens (including phenoxy) is 1. The van der Waals surface area contributed by atoms with Gasteiger partial charge >= 0.3 is 0 Å². The van der Waals surface area contributed by atoms with Crippen LogP contribution in [0.15, 0.2) is 23.1 Å². The molecular weight excluding hydrogens is 272 g/mol. The summed E-state index contributed by atoms with van der Waals surface area (Å²) < 4.78 is 5.36. The molecule has 0 aliphatic carbocycles. The maximum absolute atomic E-state index is 8.96. The van der Waals surface area contributed by atoms with Crippen molar-refractivity contribution < 1.29 is 9.84 Å². The molecule has 0 radical (unpaired) electrons. The fraction of sp³-hybridized carbons (Fsp3) is 0.600. The van der Waals surface area contributed by atoms with Crippen molar-refractivity contribution >= 4 is 11.8 Å². The SMILES string of the molecule is COc1ccc(CN2CCN(CCO)CC2)cc1SC. The molecule has 20 heavy (non-hydrogen) atoms. The predicted octanol–water partition coefficient (Wildman–Crippen LogP) is 1.53. The molecule has 1 aromatic carbocycles. The van der Waals surface area contributed by atoms with Gasteiger partial charge < -0.3 is 9.84 Å². The summed E-state index contributed by atoms with van der Waals surface area (Å²) in [6.45, 7) is 6.28. The van der Waals surface area contributed by atoms with E-state index in [0.717, 1.165) is 45.0 Å². The number of aliphatic hydroxyl groups is 1. The lowest BCUT2D eigenvalue weighted by Gasteiger charge is -2.34. The van der Waals surface area contributed by atoms with Crippen LogP contribution in [0, 0.1) is 0 Å². The first-order chi connectivity index (χ1) is 9.76. The molecule has 1 aliphatic rings. The maximum Gasteiger partial charge on any atom is 0.132 e. The molecule has 2 rings (SSSR count). The number of hydrogen-bond donors (Lipinski definition) is 1. The quantitative estimate of drug-likeness (QED) is 0.806. The Labute approximate surface area is 125 Å². The van der Waals surface area contributed by atoms with E-state index in [1.54, 1.807) is 18.9 Å². The van der Waals surface area contributed by atoms with Crippen LogP contribution in [0.5, 0.6) is 5.75 Å². The topological polar surface area (TPSA) is 35.9 Å². The van der Waals surface area contributed by atoms with Crippen LogP contribution in [0.4, 0.5) is 0 Å². The highest BCUT2D eigenvalue weighted by Crippen LogP contribution is 2.28. The van der Waals surface area contributed by atoms with Gasteiger partial charge in [0.25, 0.3) is 0 Å². The van der Waals surface area contributed by atoms with E-state index in [0.29, 0.717) is 0 Å². The number of piperazine rings is 1. The van der Waals surface area contributed by atoms with Gasteiger partial charge in [-0.25, -0.2) is 0 Å². The van der Waals surface area contributed by atoms with Gasteiger partial charge in [0.2, 0.25) is 0 Å². The Kier molecular flexibility index (Phi) is 6.16. The molecule has 0 atom stereocenters. The van der Waals surface area contributed by atoms with E-state index in [4.69, 9.17) is 9.84 Å². The van der Waals surface area contributed by atoms with E-state index in [1.807, 2.05) is 0 Å². The van der Waals surface area contributed by atoms with Crippen LogP contribution in [0.2, 0.25) is 0 Å². The lowest BCUT2D eigenvalue weighted by molar-refractivity contribution is 0.108. The number of nitrogens with zero attached hydrogens (tertiary/aromatic N) is 2. The van der Waals surface area contributed by atoms with Gasteiger partial charge in [-0.2, -0.15) is 0 Å². The lowest BCUT2D eigenvalue weighted by atomic mass is 10.2. The highest BCUT2D eigenvalue weighted by molar-refractivity contribution is 7.98. The van der Waals surface area contributed by atoms with Crippen molar-refractivity contribution in [2.24, 2.45) is 0 Å². The first kappa shape index (κ1) is 15.6. The largest absolute Gasteiger partial charge is 0.496 e. The fourth-order valence-electron chi connectivity index (χ4n) is 2.55. The van der Waals surface area contributed by atoms with Crippen molar-refractivity contribution in [3.63, 3.8) is 0 Å². The van der Waals surface area contributed by atoms with Gasteiger partial charge in [0.05, 0.1) is 13.7 Å². The van der Waals surface area contributed by atoms with Crippen molar-refractivity contribution in [2.45, 2.75) is 11.4 Å². The van der Waals surface area contributed by atoms with E-state index < -0.39 is 0 Å². The lowest BCUT2D eigenvalue weighted by Crippen LogP contribution is -2.46. The zero-order valence-corrected chi connectivity index (χ0v) is 13.2. The smallest absolute Gasteiger partial charge is 0.132 e. The molecule has 1 heterocycles. The summed E-state index contributed by atoms with van der Waals surface area (Å²) in [7, 11) is 1.72. The normalized spacial score (nSPS) is 17.4. The average molecular weight is 296 g/mol. The Morgan fingerprint density at radius 1 is 1.20 bits per heavy atom. The number of hydrogen-bond acceptors (Lipinski definition) is 5. The van der Waals surface area contributed by atoms with E-state index in [9.17, 15) is 0 Å². The molecule has 0 aromatic heterocycles. The molecule has 0 amide bonds. The zero-order valence-electron chi connectivity index (χ0n) is 12.3. The Balaban J connectivity index is 1.91. The second-order valence-corrected chi connectivity index (χ2v) is 5.88. The number of thioether (sulfide) groups is 1. The monoisotopic (exact) mass is 296 g/mol. The van der Waals surface area contributed by atoms with Crippen LogP contribution >= 0.6 is 11.8 Å². The van der Waals surface area contributed by atoms with Crippen LogP contribution in [0.3, 0.4) is 0 Å². The molecule has 1 aliphatic heterocycles. The molecule has 1 aromatic rings. The third kappa shape index (κ3) is 4.12. The van der Waals surface area contributed by atoms with Crippen LogP contribution in [-0.2, 0) is 6.54 Å². The molecular formula is C15H24N2O2S. The van der Waals surface area contributed by atoms with E-state index >= 15 is 0 Å². The molecule has 5 heteroatoms. The summed E-state index contributed by atoms with van der Waals surface area (Å²) in [5.41, 5.74) is 1.34.